The lowest BCUT2D eigenvalue weighted by Crippen LogP contribution is -2.23. The van der Waals surface area contributed by atoms with Gasteiger partial charge in [-0.15, -0.1) is 0 Å². The summed E-state index contributed by atoms with van der Waals surface area (Å²) in [6.07, 6.45) is 1.76. The van der Waals surface area contributed by atoms with E-state index in [2.05, 4.69) is 9.88 Å². The topological polar surface area (TPSA) is 85.2 Å². The van der Waals surface area contributed by atoms with Crippen molar-refractivity contribution in [1.82, 2.24) is 4.98 Å². The molecule has 0 unspecified atom stereocenters. The maximum atomic E-state index is 11.4. The Kier molecular flexibility index (Phi) is 4.20. The van der Waals surface area contributed by atoms with Crippen LogP contribution in [0.25, 0.3) is 0 Å². The fourth-order valence-electron chi connectivity index (χ4n) is 2.03. The zero-order valence-corrected chi connectivity index (χ0v) is 11.4. The molecule has 1 heterocycles. The number of anilines is 2. The van der Waals surface area contributed by atoms with Crippen LogP contribution in [0.3, 0.4) is 0 Å². The molecule has 0 radical (unpaired) electrons. The molecule has 104 valence electrons. The van der Waals surface area contributed by atoms with Gasteiger partial charge in [-0.2, -0.15) is 0 Å². The Morgan fingerprint density at radius 1 is 1.30 bits per heavy atom. The third-order valence-corrected chi connectivity index (χ3v) is 3.13. The summed E-state index contributed by atoms with van der Waals surface area (Å²) >= 11 is 0. The highest BCUT2D eigenvalue weighted by atomic mass is 16.1. The first-order valence-electron chi connectivity index (χ1n) is 6.46. The van der Waals surface area contributed by atoms with Crippen LogP contribution < -0.4 is 16.4 Å². The fourth-order valence-corrected chi connectivity index (χ4v) is 2.03. The summed E-state index contributed by atoms with van der Waals surface area (Å²) in [7, 11) is 0. The van der Waals surface area contributed by atoms with E-state index in [0.29, 0.717) is 17.8 Å². The number of nitrogens with zero attached hydrogens (tertiary/aromatic N) is 2. The summed E-state index contributed by atoms with van der Waals surface area (Å²) in [5, 5.41) is 0. The van der Waals surface area contributed by atoms with Crippen LogP contribution in [0.2, 0.25) is 0 Å². The number of pyridine rings is 1. The maximum Gasteiger partial charge on any atom is 0.250 e. The lowest BCUT2D eigenvalue weighted by atomic mass is 10.1. The summed E-state index contributed by atoms with van der Waals surface area (Å²) in [6, 6.07) is 11.1. The van der Waals surface area contributed by atoms with Crippen LogP contribution >= 0.6 is 0 Å². The molecule has 0 aliphatic heterocycles. The van der Waals surface area contributed by atoms with E-state index in [4.69, 9.17) is 11.5 Å². The minimum Gasteiger partial charge on any atom is -0.398 e. The molecule has 2 aromatic rings. The molecule has 5 heteroatoms. The zero-order chi connectivity index (χ0) is 14.5. The largest absolute Gasteiger partial charge is 0.398 e. The molecule has 0 bridgehead atoms. The second kappa shape index (κ2) is 6.06. The predicted octanol–water partition coefficient (Wildman–Crippen LogP) is 1.79. The Balaban J connectivity index is 2.28. The minimum absolute atomic E-state index is 0.349. The van der Waals surface area contributed by atoms with Gasteiger partial charge in [0.1, 0.15) is 0 Å². The first-order valence-corrected chi connectivity index (χ1v) is 6.46. The van der Waals surface area contributed by atoms with E-state index in [1.807, 2.05) is 31.2 Å². The van der Waals surface area contributed by atoms with Gasteiger partial charge in [-0.05, 0) is 37.3 Å². The van der Waals surface area contributed by atoms with E-state index in [1.54, 1.807) is 18.3 Å². The molecule has 5 nitrogen and oxygen atoms in total. The molecular formula is C15H18N4O. The van der Waals surface area contributed by atoms with E-state index in [-0.39, 0.29) is 0 Å². The Morgan fingerprint density at radius 3 is 2.70 bits per heavy atom. The SMILES string of the molecule is CCN(Cc1ccccn1)c1ccc(N)c(C(N)=O)c1. The van der Waals surface area contributed by atoms with Gasteiger partial charge in [0.25, 0.3) is 5.91 Å². The highest BCUT2D eigenvalue weighted by Crippen LogP contribution is 2.22. The first kappa shape index (κ1) is 13.9. The van der Waals surface area contributed by atoms with Crippen LogP contribution in [-0.4, -0.2) is 17.4 Å². The predicted molar refractivity (Wildman–Crippen MR) is 80.3 cm³/mol. The number of hydrogen-bond donors (Lipinski definition) is 2. The number of carbonyl (C=O) groups excluding carboxylic acids is 1. The molecule has 1 aromatic carbocycles. The minimum atomic E-state index is -0.516. The molecule has 0 saturated heterocycles. The molecule has 1 aromatic heterocycles. The fraction of sp³-hybridized carbons (Fsp3) is 0.200. The van der Waals surface area contributed by atoms with E-state index >= 15 is 0 Å². The van der Waals surface area contributed by atoms with Gasteiger partial charge in [-0.1, -0.05) is 6.07 Å². The Morgan fingerprint density at radius 2 is 2.10 bits per heavy atom. The van der Waals surface area contributed by atoms with Gasteiger partial charge in [0.15, 0.2) is 0 Å². The third-order valence-electron chi connectivity index (χ3n) is 3.13. The lowest BCUT2D eigenvalue weighted by molar-refractivity contribution is 0.100. The van der Waals surface area contributed by atoms with Crippen molar-refractivity contribution in [2.45, 2.75) is 13.5 Å². The molecule has 0 aliphatic carbocycles. The van der Waals surface area contributed by atoms with Crippen LogP contribution in [0.5, 0.6) is 0 Å². The van der Waals surface area contributed by atoms with E-state index < -0.39 is 5.91 Å². The van der Waals surface area contributed by atoms with Gasteiger partial charge in [0, 0.05) is 24.1 Å². The monoisotopic (exact) mass is 270 g/mol. The number of carbonyl (C=O) groups is 1. The van der Waals surface area contributed by atoms with E-state index in [0.717, 1.165) is 17.9 Å². The molecule has 20 heavy (non-hydrogen) atoms. The summed E-state index contributed by atoms with van der Waals surface area (Å²) in [4.78, 5) is 17.8. The summed E-state index contributed by atoms with van der Waals surface area (Å²) < 4.78 is 0. The summed E-state index contributed by atoms with van der Waals surface area (Å²) in [6.45, 7) is 3.50. The Labute approximate surface area is 118 Å². The van der Waals surface area contributed by atoms with Gasteiger partial charge in [0.2, 0.25) is 0 Å². The highest BCUT2D eigenvalue weighted by Gasteiger charge is 2.11. The second-order valence-electron chi connectivity index (χ2n) is 4.47. The highest BCUT2D eigenvalue weighted by molar-refractivity contribution is 5.99. The number of nitrogen functional groups attached to an aromatic ring is 1. The van der Waals surface area contributed by atoms with Crippen LogP contribution in [-0.2, 0) is 6.54 Å². The molecule has 0 aliphatic rings. The van der Waals surface area contributed by atoms with Crippen molar-refractivity contribution in [3.05, 3.63) is 53.9 Å². The smallest absolute Gasteiger partial charge is 0.250 e. The van der Waals surface area contributed by atoms with Gasteiger partial charge in [0.05, 0.1) is 17.8 Å². The van der Waals surface area contributed by atoms with Crippen molar-refractivity contribution in [2.75, 3.05) is 17.2 Å². The van der Waals surface area contributed by atoms with E-state index in [9.17, 15) is 4.79 Å². The number of rotatable bonds is 5. The van der Waals surface area contributed by atoms with Crippen molar-refractivity contribution in [2.24, 2.45) is 5.73 Å². The van der Waals surface area contributed by atoms with E-state index in [1.165, 1.54) is 0 Å². The van der Waals surface area contributed by atoms with Crippen molar-refractivity contribution in [3.63, 3.8) is 0 Å². The normalized spacial score (nSPS) is 10.2. The van der Waals surface area contributed by atoms with Crippen molar-refractivity contribution >= 4 is 17.3 Å². The molecule has 0 atom stereocenters. The number of amides is 1. The van der Waals surface area contributed by atoms with Crippen molar-refractivity contribution in [3.8, 4) is 0 Å². The van der Waals surface area contributed by atoms with Crippen molar-refractivity contribution in [1.29, 1.82) is 0 Å². The molecule has 2 rings (SSSR count). The first-order chi connectivity index (χ1) is 9.61. The number of nitrogens with two attached hydrogens (primary N) is 2. The quantitative estimate of drug-likeness (QED) is 0.811. The summed E-state index contributed by atoms with van der Waals surface area (Å²) in [5.74, 6) is -0.516. The molecule has 0 spiro atoms. The van der Waals surface area contributed by atoms with Crippen LogP contribution in [0, 0.1) is 0 Å². The number of hydrogen-bond acceptors (Lipinski definition) is 4. The molecule has 1 amide bonds. The van der Waals surface area contributed by atoms with Gasteiger partial charge in [-0.3, -0.25) is 9.78 Å². The van der Waals surface area contributed by atoms with Gasteiger partial charge in [-0.25, -0.2) is 0 Å². The lowest BCUT2D eigenvalue weighted by Gasteiger charge is -2.23. The van der Waals surface area contributed by atoms with Crippen LogP contribution in [0.1, 0.15) is 23.0 Å². The molecule has 4 N–H and O–H groups in total. The number of aromatic nitrogens is 1. The molecular weight excluding hydrogens is 252 g/mol. The van der Waals surface area contributed by atoms with Crippen LogP contribution in [0.4, 0.5) is 11.4 Å². The number of benzene rings is 1. The van der Waals surface area contributed by atoms with Gasteiger partial charge < -0.3 is 16.4 Å². The molecule has 0 saturated carbocycles. The molecule has 0 fully saturated rings. The average Bonchev–Trinajstić information content (AvgIpc) is 2.46. The van der Waals surface area contributed by atoms with Gasteiger partial charge >= 0.3 is 0 Å². The zero-order valence-electron chi connectivity index (χ0n) is 11.4. The van der Waals surface area contributed by atoms with Crippen molar-refractivity contribution < 1.29 is 4.79 Å². The summed E-state index contributed by atoms with van der Waals surface area (Å²) in [5.41, 5.74) is 13.7. The Hall–Kier alpha value is -2.56. The number of primary amides is 1. The average molecular weight is 270 g/mol. The third kappa shape index (κ3) is 3.06. The second-order valence-corrected chi connectivity index (χ2v) is 4.47. The maximum absolute atomic E-state index is 11.4. The Bertz CT molecular complexity index is 598. The standard InChI is InChI=1S/C15H18N4O/c1-2-19(10-11-5-3-4-8-18-11)12-6-7-14(16)13(9-12)15(17)20/h3-9H,2,10,16H2,1H3,(H2,17,20). The van der Waals surface area contributed by atoms with Crippen LogP contribution in [0.15, 0.2) is 42.6 Å².